The first-order valence-corrected chi connectivity index (χ1v) is 15.8. The Hall–Kier alpha value is -3.64. The summed E-state index contributed by atoms with van der Waals surface area (Å²) in [6, 6.07) is 4.05. The number of hydrogen-bond donors (Lipinski definition) is 3. The van der Waals surface area contributed by atoms with Crippen molar-refractivity contribution in [3.8, 4) is 6.07 Å². The van der Waals surface area contributed by atoms with Crippen molar-refractivity contribution in [2.75, 3.05) is 18.5 Å². The lowest BCUT2D eigenvalue weighted by Gasteiger charge is -2.29. The highest BCUT2D eigenvalue weighted by atomic mass is 16.6. The summed E-state index contributed by atoms with van der Waals surface area (Å²) < 4.78 is 24.4. The van der Waals surface area contributed by atoms with E-state index in [-0.39, 0.29) is 30.5 Å². The number of aliphatic hydroxyl groups is 1. The SMILES string of the molecule is CCCCOC(C)(C)C(=O)Nc1ncnn2c([C@]3(C#N)O[C@H](COC(=O)CC4CCC4)[C@@H](OC(=O)[C@H](N)C(C)(C)C)[C@H]3O)ccc12. The van der Waals surface area contributed by atoms with Gasteiger partial charge in [0.25, 0.3) is 5.91 Å². The highest BCUT2D eigenvalue weighted by Gasteiger charge is 2.60. The molecule has 2 aromatic rings. The second kappa shape index (κ2) is 14.0. The predicted molar refractivity (Wildman–Crippen MR) is 165 cm³/mol. The number of aromatic nitrogens is 3. The molecule has 4 N–H and O–H groups in total. The molecule has 1 aliphatic heterocycles. The minimum Gasteiger partial charge on any atom is -0.463 e. The summed E-state index contributed by atoms with van der Waals surface area (Å²) in [5, 5.41) is 29.2. The van der Waals surface area contributed by atoms with Gasteiger partial charge in [0.05, 0.1) is 5.69 Å². The van der Waals surface area contributed by atoms with Gasteiger partial charge in [0, 0.05) is 13.0 Å². The van der Waals surface area contributed by atoms with Crippen molar-refractivity contribution in [1.29, 1.82) is 5.26 Å². The molecule has 46 heavy (non-hydrogen) atoms. The first-order valence-electron chi connectivity index (χ1n) is 15.8. The van der Waals surface area contributed by atoms with Crippen LogP contribution < -0.4 is 11.1 Å². The number of nitrogens with two attached hydrogens (primary N) is 1. The van der Waals surface area contributed by atoms with Crippen LogP contribution >= 0.6 is 0 Å². The van der Waals surface area contributed by atoms with Gasteiger partial charge in [0.2, 0.25) is 5.60 Å². The monoisotopic (exact) mass is 642 g/mol. The lowest BCUT2D eigenvalue weighted by Crippen LogP contribution is -2.49. The molecule has 0 unspecified atom stereocenters. The number of anilines is 1. The van der Waals surface area contributed by atoms with E-state index in [9.17, 15) is 24.8 Å². The Balaban J connectivity index is 1.64. The zero-order valence-electron chi connectivity index (χ0n) is 27.4. The highest BCUT2D eigenvalue weighted by Crippen LogP contribution is 2.42. The fourth-order valence-electron chi connectivity index (χ4n) is 5.28. The van der Waals surface area contributed by atoms with E-state index < -0.39 is 58.8 Å². The molecule has 1 saturated heterocycles. The molecule has 2 aromatic heterocycles. The van der Waals surface area contributed by atoms with Gasteiger partial charge in [-0.25, -0.2) is 9.50 Å². The van der Waals surface area contributed by atoms with Crippen LogP contribution in [0.5, 0.6) is 0 Å². The van der Waals surface area contributed by atoms with Gasteiger partial charge in [-0.3, -0.25) is 14.4 Å². The Morgan fingerprint density at radius 3 is 2.59 bits per heavy atom. The van der Waals surface area contributed by atoms with E-state index in [1.165, 1.54) is 16.9 Å². The van der Waals surface area contributed by atoms with Crippen LogP contribution in [-0.4, -0.2) is 80.7 Å². The molecule has 1 aliphatic carbocycles. The lowest BCUT2D eigenvalue weighted by atomic mass is 9.83. The van der Waals surface area contributed by atoms with Crippen molar-refractivity contribution in [2.45, 2.75) is 116 Å². The molecule has 2 fully saturated rings. The molecule has 0 aromatic carbocycles. The van der Waals surface area contributed by atoms with E-state index in [1.807, 2.05) is 13.0 Å². The quantitative estimate of drug-likeness (QED) is 0.213. The van der Waals surface area contributed by atoms with Crippen LogP contribution in [0.15, 0.2) is 18.5 Å². The Kier molecular flexibility index (Phi) is 10.7. The maximum atomic E-state index is 13.1. The zero-order chi connectivity index (χ0) is 33.9. The minimum absolute atomic E-state index is 0.0818. The van der Waals surface area contributed by atoms with E-state index in [1.54, 1.807) is 40.7 Å². The van der Waals surface area contributed by atoms with Crippen molar-refractivity contribution in [3.63, 3.8) is 0 Å². The molecule has 4 rings (SSSR count). The summed E-state index contributed by atoms with van der Waals surface area (Å²) in [5.74, 6) is -1.30. The number of carbonyl (C=O) groups excluding carboxylic acids is 3. The molecule has 0 bridgehead atoms. The number of aliphatic hydroxyl groups excluding tert-OH is 1. The number of nitrogens with one attached hydrogen (secondary N) is 1. The molecule has 3 heterocycles. The van der Waals surface area contributed by atoms with Crippen molar-refractivity contribution < 1.29 is 38.4 Å². The van der Waals surface area contributed by atoms with Gasteiger partial charge in [-0.05, 0) is 56.6 Å². The molecule has 1 amide bonds. The zero-order valence-corrected chi connectivity index (χ0v) is 27.4. The van der Waals surface area contributed by atoms with Crippen LogP contribution in [0.1, 0.15) is 85.8 Å². The molecule has 0 radical (unpaired) electrons. The standard InChI is InChI=1S/C32H46N6O8/c1-7-8-14-44-31(5,6)29(42)37-27-20-12-13-22(38(20)36-18-35-27)32(17-33)26(40)24(45-28(41)25(34)30(2,3)4)21(46-32)16-43-23(39)15-19-10-9-11-19/h12-13,18-19,21,24-26,40H,7-11,14-16,34H2,1-6H3,(H,35,36,37,42)/t21-,24-,25+,26-,32+/m1/s1. The summed E-state index contributed by atoms with van der Waals surface area (Å²) in [6.45, 7) is 10.7. The molecule has 14 heteroatoms. The van der Waals surface area contributed by atoms with Crippen molar-refractivity contribution in [2.24, 2.45) is 17.1 Å². The maximum absolute atomic E-state index is 13.1. The summed E-state index contributed by atoms with van der Waals surface area (Å²) in [4.78, 5) is 43.0. The van der Waals surface area contributed by atoms with Gasteiger partial charge in [0.1, 0.15) is 48.4 Å². The number of ether oxygens (including phenoxy) is 4. The van der Waals surface area contributed by atoms with Crippen LogP contribution in [0, 0.1) is 22.7 Å². The third-order valence-corrected chi connectivity index (χ3v) is 8.70. The van der Waals surface area contributed by atoms with Crippen LogP contribution in [0.25, 0.3) is 5.52 Å². The Bertz CT molecular complexity index is 1460. The van der Waals surface area contributed by atoms with Gasteiger partial charge < -0.3 is 35.1 Å². The van der Waals surface area contributed by atoms with Gasteiger partial charge in [-0.2, -0.15) is 10.4 Å². The normalized spacial score (nSPS) is 24.2. The average Bonchev–Trinajstić information content (AvgIpc) is 3.53. The van der Waals surface area contributed by atoms with E-state index >= 15 is 0 Å². The highest BCUT2D eigenvalue weighted by molar-refractivity contribution is 5.98. The first-order chi connectivity index (χ1) is 21.6. The van der Waals surface area contributed by atoms with E-state index in [2.05, 4.69) is 15.4 Å². The predicted octanol–water partition coefficient (Wildman–Crippen LogP) is 2.76. The Morgan fingerprint density at radius 2 is 1.98 bits per heavy atom. The topological polar surface area (TPSA) is 200 Å². The van der Waals surface area contributed by atoms with Gasteiger partial charge in [-0.1, -0.05) is 40.5 Å². The number of amides is 1. The Morgan fingerprint density at radius 1 is 1.26 bits per heavy atom. The number of unbranched alkanes of at least 4 members (excludes halogenated alkanes) is 1. The number of carbonyl (C=O) groups is 3. The molecule has 1 saturated carbocycles. The van der Waals surface area contributed by atoms with Crippen LogP contribution in [0.3, 0.4) is 0 Å². The fraction of sp³-hybridized carbons (Fsp3) is 0.688. The minimum atomic E-state index is -2.12. The molecular weight excluding hydrogens is 596 g/mol. The summed E-state index contributed by atoms with van der Waals surface area (Å²) in [7, 11) is 0. The third kappa shape index (κ3) is 7.33. The first kappa shape index (κ1) is 35.2. The number of hydrogen-bond acceptors (Lipinski definition) is 12. The van der Waals surface area contributed by atoms with Crippen LogP contribution in [-0.2, 0) is 38.9 Å². The molecule has 0 spiro atoms. The number of esters is 2. The second-order valence-corrected chi connectivity index (χ2v) is 13.7. The molecule has 252 valence electrons. The summed E-state index contributed by atoms with van der Waals surface area (Å²) >= 11 is 0. The number of nitrogens with zero attached hydrogens (tertiary/aromatic N) is 4. The van der Waals surface area contributed by atoms with E-state index in [0.717, 1.165) is 32.1 Å². The average molecular weight is 643 g/mol. The molecule has 14 nitrogen and oxygen atoms in total. The van der Waals surface area contributed by atoms with E-state index in [4.69, 9.17) is 24.7 Å². The lowest BCUT2D eigenvalue weighted by molar-refractivity contribution is -0.163. The van der Waals surface area contributed by atoms with Crippen molar-refractivity contribution in [3.05, 3.63) is 24.2 Å². The van der Waals surface area contributed by atoms with E-state index in [0.29, 0.717) is 12.1 Å². The smallest absolute Gasteiger partial charge is 0.323 e. The fourth-order valence-corrected chi connectivity index (χ4v) is 5.28. The molecule has 5 atom stereocenters. The van der Waals surface area contributed by atoms with Crippen molar-refractivity contribution >= 4 is 29.2 Å². The third-order valence-electron chi connectivity index (χ3n) is 8.70. The largest absolute Gasteiger partial charge is 0.463 e. The van der Waals surface area contributed by atoms with Gasteiger partial charge in [-0.15, -0.1) is 0 Å². The summed E-state index contributed by atoms with van der Waals surface area (Å²) in [6.07, 6.45) is 1.76. The number of rotatable bonds is 13. The summed E-state index contributed by atoms with van der Waals surface area (Å²) in [5.41, 5.74) is 2.59. The number of fused-ring (bicyclic) bond motifs is 1. The second-order valence-electron chi connectivity index (χ2n) is 13.7. The Labute approximate surface area is 268 Å². The number of nitriles is 1. The van der Waals surface area contributed by atoms with Gasteiger partial charge >= 0.3 is 11.9 Å². The van der Waals surface area contributed by atoms with Gasteiger partial charge in [0.15, 0.2) is 11.9 Å². The van der Waals surface area contributed by atoms with Crippen LogP contribution in [0.2, 0.25) is 0 Å². The molecular formula is C32H46N6O8. The molecule has 2 aliphatic rings. The van der Waals surface area contributed by atoms with Crippen molar-refractivity contribution in [1.82, 2.24) is 14.6 Å². The van der Waals surface area contributed by atoms with Crippen LogP contribution in [0.4, 0.5) is 5.82 Å². The maximum Gasteiger partial charge on any atom is 0.323 e.